The number of hydrogen-bond donors (Lipinski definition) is 1. The zero-order valence-corrected chi connectivity index (χ0v) is 13.0. The number of nitrogens with one attached hydrogen (secondary N) is 1. The van der Waals surface area contributed by atoms with Gasteiger partial charge in [-0.05, 0) is 18.8 Å². The van der Waals surface area contributed by atoms with E-state index in [4.69, 9.17) is 14.5 Å². The summed E-state index contributed by atoms with van der Waals surface area (Å²) < 4.78 is 10.8. The molecule has 0 aliphatic heterocycles. The van der Waals surface area contributed by atoms with Crippen LogP contribution in [0, 0.1) is 5.92 Å². The van der Waals surface area contributed by atoms with Crippen molar-refractivity contribution in [2.45, 2.75) is 52.0 Å². The number of thiazole rings is 1. The van der Waals surface area contributed by atoms with Gasteiger partial charge in [0.2, 0.25) is 0 Å². The van der Waals surface area contributed by atoms with Crippen molar-refractivity contribution in [3.05, 3.63) is 15.6 Å². The Labute approximate surface area is 119 Å². The average molecular weight is 284 g/mol. The Bertz CT molecular complexity index is 402. The monoisotopic (exact) mass is 284 g/mol. The van der Waals surface area contributed by atoms with E-state index in [2.05, 4.69) is 19.2 Å². The van der Waals surface area contributed by atoms with Crippen molar-refractivity contribution in [1.82, 2.24) is 10.3 Å². The molecule has 1 aromatic heterocycles. The highest BCUT2D eigenvalue weighted by molar-refractivity contribution is 7.11. The molecule has 1 aliphatic carbocycles. The molecule has 1 N–H and O–H groups in total. The first-order valence-corrected chi connectivity index (χ1v) is 7.71. The molecule has 1 saturated carbocycles. The maximum absolute atomic E-state index is 5.57. The summed E-state index contributed by atoms with van der Waals surface area (Å²) in [6.45, 7) is 5.80. The summed E-state index contributed by atoms with van der Waals surface area (Å²) in [5.74, 6) is 0.427. The molecule has 0 amide bonds. The van der Waals surface area contributed by atoms with E-state index < -0.39 is 0 Å². The van der Waals surface area contributed by atoms with E-state index in [9.17, 15) is 0 Å². The van der Waals surface area contributed by atoms with Crippen LogP contribution < -0.4 is 5.32 Å². The number of aromatic nitrogens is 1. The van der Waals surface area contributed by atoms with Crippen molar-refractivity contribution < 1.29 is 9.47 Å². The molecule has 1 aliphatic rings. The van der Waals surface area contributed by atoms with Crippen LogP contribution in [0.3, 0.4) is 0 Å². The van der Waals surface area contributed by atoms with Gasteiger partial charge in [-0.1, -0.05) is 13.8 Å². The minimum absolute atomic E-state index is 0.0790. The first-order valence-electron chi connectivity index (χ1n) is 6.89. The van der Waals surface area contributed by atoms with Gasteiger partial charge >= 0.3 is 0 Å². The van der Waals surface area contributed by atoms with Crippen molar-refractivity contribution in [1.29, 1.82) is 0 Å². The topological polar surface area (TPSA) is 43.4 Å². The predicted octanol–water partition coefficient (Wildman–Crippen LogP) is 2.89. The third-order valence-electron chi connectivity index (χ3n) is 3.31. The molecule has 5 heteroatoms. The third-order valence-corrected chi connectivity index (χ3v) is 4.47. The largest absolute Gasteiger partial charge is 0.378 e. The van der Waals surface area contributed by atoms with E-state index in [-0.39, 0.29) is 6.10 Å². The summed E-state index contributed by atoms with van der Waals surface area (Å²) in [4.78, 5) is 6.00. The Morgan fingerprint density at radius 2 is 2.11 bits per heavy atom. The molecule has 19 heavy (non-hydrogen) atoms. The van der Waals surface area contributed by atoms with Gasteiger partial charge in [-0.2, -0.15) is 0 Å². The Morgan fingerprint density at radius 3 is 2.63 bits per heavy atom. The summed E-state index contributed by atoms with van der Waals surface area (Å²) in [6, 6.07) is 0.712. The molecule has 1 heterocycles. The first-order chi connectivity index (χ1) is 9.15. The van der Waals surface area contributed by atoms with Crippen molar-refractivity contribution in [3.63, 3.8) is 0 Å². The number of hydrogen-bond acceptors (Lipinski definition) is 5. The van der Waals surface area contributed by atoms with Gasteiger partial charge in [0.05, 0.1) is 12.3 Å². The molecule has 1 unspecified atom stereocenters. The highest BCUT2D eigenvalue weighted by Gasteiger charge is 2.24. The van der Waals surface area contributed by atoms with Crippen molar-refractivity contribution >= 4 is 11.3 Å². The van der Waals surface area contributed by atoms with Crippen LogP contribution in [0.25, 0.3) is 0 Å². The highest BCUT2D eigenvalue weighted by Crippen LogP contribution is 2.31. The van der Waals surface area contributed by atoms with Crippen molar-refractivity contribution in [3.8, 4) is 0 Å². The quantitative estimate of drug-likeness (QED) is 0.797. The van der Waals surface area contributed by atoms with Gasteiger partial charge in [0.15, 0.2) is 0 Å². The normalized spacial score (nSPS) is 17.1. The van der Waals surface area contributed by atoms with Gasteiger partial charge < -0.3 is 14.8 Å². The molecule has 4 nitrogen and oxygen atoms in total. The van der Waals surface area contributed by atoms with Gasteiger partial charge in [0, 0.05) is 31.7 Å². The summed E-state index contributed by atoms with van der Waals surface area (Å²) in [7, 11) is 3.47. The fourth-order valence-corrected chi connectivity index (χ4v) is 3.37. The average Bonchev–Trinajstić information content (AvgIpc) is 3.11. The zero-order valence-electron chi connectivity index (χ0n) is 12.2. The summed E-state index contributed by atoms with van der Waals surface area (Å²) >= 11 is 1.75. The van der Waals surface area contributed by atoms with Crippen LogP contribution in [-0.4, -0.2) is 25.2 Å². The lowest BCUT2D eigenvalue weighted by atomic mass is 10.1. The fraction of sp³-hybridized carbons (Fsp3) is 0.786. The molecule has 0 bridgehead atoms. The minimum Gasteiger partial charge on any atom is -0.378 e. The SMILES string of the molecule is COCc1nc(C(OC)C(C)C)sc1CNC1CC1. The molecular weight excluding hydrogens is 260 g/mol. The molecule has 1 fully saturated rings. The molecule has 0 spiro atoms. The molecule has 1 aromatic rings. The summed E-state index contributed by atoms with van der Waals surface area (Å²) in [6.07, 6.45) is 2.69. The molecule has 1 atom stereocenters. The maximum Gasteiger partial charge on any atom is 0.122 e. The molecule has 108 valence electrons. The highest BCUT2D eigenvalue weighted by atomic mass is 32.1. The lowest BCUT2D eigenvalue weighted by molar-refractivity contribution is 0.0640. The molecule has 0 radical (unpaired) electrons. The van der Waals surface area contributed by atoms with E-state index in [1.54, 1.807) is 25.6 Å². The van der Waals surface area contributed by atoms with E-state index >= 15 is 0 Å². The van der Waals surface area contributed by atoms with Crippen LogP contribution in [0.5, 0.6) is 0 Å². The van der Waals surface area contributed by atoms with Crippen LogP contribution in [0.2, 0.25) is 0 Å². The van der Waals surface area contributed by atoms with Crippen LogP contribution >= 0.6 is 11.3 Å². The van der Waals surface area contributed by atoms with Gasteiger partial charge in [0.25, 0.3) is 0 Å². The number of methoxy groups -OCH3 is 2. The van der Waals surface area contributed by atoms with E-state index in [1.165, 1.54) is 17.7 Å². The Hall–Kier alpha value is -0.490. The van der Waals surface area contributed by atoms with Crippen LogP contribution in [0.1, 0.15) is 48.4 Å². The van der Waals surface area contributed by atoms with Gasteiger partial charge in [-0.3, -0.25) is 0 Å². The van der Waals surface area contributed by atoms with Gasteiger partial charge in [-0.15, -0.1) is 11.3 Å². The van der Waals surface area contributed by atoms with Crippen molar-refractivity contribution in [2.75, 3.05) is 14.2 Å². The van der Waals surface area contributed by atoms with Gasteiger partial charge in [0.1, 0.15) is 11.1 Å². The van der Waals surface area contributed by atoms with Crippen LogP contribution in [0.4, 0.5) is 0 Å². The fourth-order valence-electron chi connectivity index (χ4n) is 2.10. The third kappa shape index (κ3) is 3.99. The van der Waals surface area contributed by atoms with Crippen LogP contribution in [-0.2, 0) is 22.6 Å². The van der Waals surface area contributed by atoms with E-state index in [0.29, 0.717) is 18.6 Å². The maximum atomic E-state index is 5.57. The molecule has 0 aromatic carbocycles. The molecule has 2 rings (SSSR count). The number of ether oxygens (including phenoxy) is 2. The van der Waals surface area contributed by atoms with Gasteiger partial charge in [-0.25, -0.2) is 4.98 Å². The first kappa shape index (κ1) is 14.9. The second-order valence-electron chi connectivity index (χ2n) is 5.41. The van der Waals surface area contributed by atoms with E-state index in [1.807, 2.05) is 0 Å². The zero-order chi connectivity index (χ0) is 13.8. The number of nitrogens with zero attached hydrogens (tertiary/aromatic N) is 1. The van der Waals surface area contributed by atoms with E-state index in [0.717, 1.165) is 17.2 Å². The second kappa shape index (κ2) is 6.79. The molecule has 0 saturated heterocycles. The smallest absolute Gasteiger partial charge is 0.122 e. The Balaban J connectivity index is 2.12. The second-order valence-corrected chi connectivity index (χ2v) is 6.53. The summed E-state index contributed by atoms with van der Waals surface area (Å²) in [5.41, 5.74) is 1.05. The Morgan fingerprint density at radius 1 is 1.37 bits per heavy atom. The minimum atomic E-state index is 0.0790. The lowest BCUT2D eigenvalue weighted by Gasteiger charge is -2.16. The molecular formula is C14H24N2O2S. The predicted molar refractivity (Wildman–Crippen MR) is 77.3 cm³/mol. The van der Waals surface area contributed by atoms with Crippen molar-refractivity contribution in [2.24, 2.45) is 5.92 Å². The number of rotatable bonds is 8. The van der Waals surface area contributed by atoms with Crippen LogP contribution in [0.15, 0.2) is 0 Å². The standard InChI is InChI=1S/C14H24N2O2S/c1-9(2)13(18-4)14-16-11(8-17-3)12(19-14)7-15-10-5-6-10/h9-10,13,15H,5-8H2,1-4H3. The lowest BCUT2D eigenvalue weighted by Crippen LogP contribution is -2.15. The Kier molecular flexibility index (Phi) is 5.33. The summed E-state index contributed by atoms with van der Waals surface area (Å²) in [5, 5.41) is 4.61.